The molecular formula is C76H158I2N4. The van der Waals surface area contributed by atoms with Crippen LogP contribution in [0.5, 0.6) is 0 Å². The predicted octanol–water partition coefficient (Wildman–Crippen LogP) is 18.2. The Kier molecular flexibility index (Phi) is 67.9. The Bertz CT molecular complexity index is 1120. The molecule has 496 valence electrons. The Morgan fingerprint density at radius 1 is 0.244 bits per heavy atom. The molecule has 82 heavy (non-hydrogen) atoms. The third kappa shape index (κ3) is 53.2. The summed E-state index contributed by atoms with van der Waals surface area (Å²) >= 11 is 0. The lowest BCUT2D eigenvalue weighted by molar-refractivity contribution is -0.936. The molecule has 2 aliphatic heterocycles. The third-order valence-electron chi connectivity index (χ3n) is 20.7. The molecule has 0 aromatic rings. The maximum atomic E-state index is 2.79. The van der Waals surface area contributed by atoms with Crippen LogP contribution in [0.15, 0.2) is 0 Å². The van der Waals surface area contributed by atoms with E-state index in [1.165, 1.54) is 434 Å². The minimum absolute atomic E-state index is 0. The molecule has 2 rings (SSSR count). The van der Waals surface area contributed by atoms with Crippen LogP contribution in [0.4, 0.5) is 0 Å². The number of rotatable bonds is 60. The van der Waals surface area contributed by atoms with E-state index in [4.69, 9.17) is 0 Å². The second-order valence-corrected chi connectivity index (χ2v) is 28.5. The molecule has 2 saturated heterocycles. The van der Waals surface area contributed by atoms with Crippen molar-refractivity contribution in [2.75, 3.05) is 79.5 Å². The minimum Gasteiger partial charge on any atom is -1.00 e. The van der Waals surface area contributed by atoms with E-state index >= 15 is 0 Å². The van der Waals surface area contributed by atoms with Crippen molar-refractivity contribution >= 4 is 0 Å². The topological polar surface area (TPSA) is 6.48 Å². The summed E-state index contributed by atoms with van der Waals surface area (Å²) < 4.78 is 2.65. The zero-order valence-corrected chi connectivity index (χ0v) is 62.7. The molecule has 0 spiro atoms. The van der Waals surface area contributed by atoms with Crippen LogP contribution >= 0.6 is 0 Å². The molecule has 2 heterocycles. The molecule has 0 amide bonds. The van der Waals surface area contributed by atoms with E-state index < -0.39 is 0 Å². The second-order valence-electron chi connectivity index (χ2n) is 28.5. The van der Waals surface area contributed by atoms with E-state index in [9.17, 15) is 0 Å². The van der Waals surface area contributed by atoms with Crippen molar-refractivity contribution in [1.82, 2.24) is 9.80 Å². The van der Waals surface area contributed by atoms with Crippen molar-refractivity contribution in [2.45, 2.75) is 413 Å². The summed E-state index contributed by atoms with van der Waals surface area (Å²) in [6, 6.07) is 1.62. The number of quaternary nitrogens is 2. The number of halogens is 2. The Balaban J connectivity index is 0. The molecule has 0 bridgehead atoms. The van der Waals surface area contributed by atoms with Crippen molar-refractivity contribution < 1.29 is 56.9 Å². The Morgan fingerprint density at radius 3 is 0.573 bits per heavy atom. The van der Waals surface area contributed by atoms with Gasteiger partial charge in [-0.05, 0) is 65.5 Å². The largest absolute Gasteiger partial charge is 1.00 e. The molecule has 0 aromatic carbocycles. The van der Waals surface area contributed by atoms with Crippen LogP contribution in [0, 0.1) is 0 Å². The summed E-state index contributed by atoms with van der Waals surface area (Å²) in [4.78, 5) is 5.58. The lowest BCUT2D eigenvalue weighted by atomic mass is 10.0. The van der Waals surface area contributed by atoms with Crippen LogP contribution in [-0.4, -0.2) is 110 Å². The Hall–Kier alpha value is 1.30. The van der Waals surface area contributed by atoms with Gasteiger partial charge >= 0.3 is 0 Å². The number of nitrogens with zero attached hydrogens (tertiary/aromatic N) is 4. The molecule has 0 radical (unpaired) electrons. The molecule has 0 N–H and O–H groups in total. The maximum absolute atomic E-state index is 2.79. The number of hydrogen-bond acceptors (Lipinski definition) is 2. The van der Waals surface area contributed by atoms with Crippen LogP contribution in [0.1, 0.15) is 401 Å². The van der Waals surface area contributed by atoms with E-state index in [0.717, 1.165) is 12.1 Å². The monoisotopic (exact) mass is 1380 g/mol. The standard InChI is InChI=1S/2C38H79N2.2HI/c2*1-5-7-9-11-13-15-17-19-21-23-25-27-29-31-33-39-34-36-40(4,38(3)37-39)35-32-30-28-26-24-22-20-18-16-14-12-10-8-6-2;;/h2*38H,5-37H2,1-4H3;2*1H/q2*+1;;/p-2. The third-order valence-corrected chi connectivity index (χ3v) is 20.7. The van der Waals surface area contributed by atoms with Crippen LogP contribution in [0.3, 0.4) is 0 Å². The van der Waals surface area contributed by atoms with Gasteiger partial charge in [0.05, 0.1) is 65.4 Å². The van der Waals surface area contributed by atoms with E-state index in [1.54, 1.807) is 0 Å². The number of unbranched alkanes of at least 4 members (excludes halogenated alkanes) is 52. The van der Waals surface area contributed by atoms with E-state index in [2.05, 4.69) is 65.4 Å². The summed E-state index contributed by atoms with van der Waals surface area (Å²) in [6.07, 6.45) is 81.8. The quantitative estimate of drug-likeness (QED) is 0.0340. The van der Waals surface area contributed by atoms with E-state index in [0.29, 0.717) is 0 Å². The van der Waals surface area contributed by atoms with Gasteiger partial charge < -0.3 is 56.9 Å². The van der Waals surface area contributed by atoms with Crippen molar-refractivity contribution in [3.05, 3.63) is 0 Å². The molecule has 0 aromatic heterocycles. The average Bonchev–Trinajstić information content (AvgIpc) is 3.46. The van der Waals surface area contributed by atoms with Gasteiger partial charge in [0.2, 0.25) is 0 Å². The zero-order chi connectivity index (χ0) is 58.0. The smallest absolute Gasteiger partial charge is 0.0988 e. The van der Waals surface area contributed by atoms with Crippen LogP contribution in [-0.2, 0) is 0 Å². The highest BCUT2D eigenvalue weighted by Gasteiger charge is 2.36. The van der Waals surface area contributed by atoms with Gasteiger partial charge in [-0.15, -0.1) is 0 Å². The SMILES string of the molecule is CCCCCCCCCCCCCCCCN1CC[N+](C)(CCCCCCCCCCCCCCCC)C(C)C1.CCCCCCCCCCCCCCCCN1CC[N+](C)(CCCCCCCCCCCCCCCC)C(C)C1.[I-].[I-]. The molecule has 6 heteroatoms. The first-order valence-electron chi connectivity index (χ1n) is 38.4. The van der Waals surface area contributed by atoms with Gasteiger partial charge in [-0.1, -0.05) is 349 Å². The van der Waals surface area contributed by atoms with Gasteiger partial charge in [0.1, 0.15) is 0 Å². The van der Waals surface area contributed by atoms with Gasteiger partial charge in [-0.25, -0.2) is 0 Å². The molecule has 2 aliphatic rings. The van der Waals surface area contributed by atoms with E-state index in [-0.39, 0.29) is 48.0 Å². The lowest BCUT2D eigenvalue weighted by Crippen LogP contribution is -3.00. The Morgan fingerprint density at radius 2 is 0.402 bits per heavy atom. The van der Waals surface area contributed by atoms with Gasteiger partial charge in [0.25, 0.3) is 0 Å². The van der Waals surface area contributed by atoms with Crippen molar-refractivity contribution in [1.29, 1.82) is 0 Å². The summed E-state index contributed by atoms with van der Waals surface area (Å²) in [5, 5.41) is 0. The molecule has 4 unspecified atom stereocenters. The fourth-order valence-corrected chi connectivity index (χ4v) is 14.0. The summed E-state index contributed by atoms with van der Waals surface area (Å²) in [6.45, 7) is 27.9. The minimum atomic E-state index is 0. The maximum Gasteiger partial charge on any atom is 0.0988 e. The number of piperazine rings is 2. The zero-order valence-electron chi connectivity index (χ0n) is 58.4. The fourth-order valence-electron chi connectivity index (χ4n) is 14.0. The highest BCUT2D eigenvalue weighted by Crippen LogP contribution is 2.24. The van der Waals surface area contributed by atoms with Crippen LogP contribution < -0.4 is 48.0 Å². The summed E-state index contributed by atoms with van der Waals surface area (Å²) in [7, 11) is 5.10. The predicted molar refractivity (Wildman–Crippen MR) is 365 cm³/mol. The highest BCUT2D eigenvalue weighted by atomic mass is 127. The second kappa shape index (κ2) is 65.3. The molecule has 0 aliphatic carbocycles. The van der Waals surface area contributed by atoms with Crippen molar-refractivity contribution in [3.63, 3.8) is 0 Å². The normalized spacial score (nSPS) is 19.5. The average molecular weight is 1380 g/mol. The summed E-state index contributed by atoms with van der Waals surface area (Å²) in [5.41, 5.74) is 0. The molecule has 4 nitrogen and oxygen atoms in total. The first kappa shape index (κ1) is 85.4. The van der Waals surface area contributed by atoms with Crippen molar-refractivity contribution in [2.24, 2.45) is 0 Å². The molecule has 0 saturated carbocycles. The van der Waals surface area contributed by atoms with E-state index in [1.807, 2.05) is 0 Å². The van der Waals surface area contributed by atoms with Crippen molar-refractivity contribution in [3.8, 4) is 0 Å². The van der Waals surface area contributed by atoms with Gasteiger partial charge in [0, 0.05) is 13.1 Å². The van der Waals surface area contributed by atoms with Gasteiger partial charge in [0.15, 0.2) is 0 Å². The summed E-state index contributed by atoms with van der Waals surface area (Å²) in [5.74, 6) is 0. The first-order chi connectivity index (χ1) is 39.2. The molecule has 2 fully saturated rings. The molecule has 4 atom stereocenters. The number of hydrogen-bond donors (Lipinski definition) is 0. The highest BCUT2D eigenvalue weighted by molar-refractivity contribution is 4.72. The number of likely N-dealkylation sites (N-methyl/N-ethyl adjacent to an activating group) is 2. The lowest BCUT2D eigenvalue weighted by Gasteiger charge is -2.47. The first-order valence-corrected chi connectivity index (χ1v) is 38.4. The van der Waals surface area contributed by atoms with Gasteiger partial charge in [-0.3, -0.25) is 9.80 Å². The van der Waals surface area contributed by atoms with Crippen LogP contribution in [0.2, 0.25) is 0 Å². The molecular weight excluding hydrogens is 1220 g/mol. The Labute approximate surface area is 555 Å². The van der Waals surface area contributed by atoms with Crippen LogP contribution in [0.25, 0.3) is 0 Å². The van der Waals surface area contributed by atoms with Gasteiger partial charge in [-0.2, -0.15) is 0 Å². The fraction of sp³-hybridized carbons (Fsp3) is 1.00.